The highest BCUT2D eigenvalue weighted by molar-refractivity contribution is 7.89. The Morgan fingerprint density at radius 2 is 1.89 bits per heavy atom. The second-order valence-electron chi connectivity index (χ2n) is 8.78. The van der Waals surface area contributed by atoms with Gasteiger partial charge in [-0.3, -0.25) is 4.79 Å². The zero-order chi connectivity index (χ0) is 27.1. The van der Waals surface area contributed by atoms with Crippen LogP contribution in [0, 0.1) is 0 Å². The Labute approximate surface area is 232 Å². The van der Waals surface area contributed by atoms with Crippen molar-refractivity contribution in [3.8, 4) is 11.5 Å². The maximum Gasteiger partial charge on any atom is 0.243 e. The summed E-state index contributed by atoms with van der Waals surface area (Å²) in [5.41, 5.74) is 1.03. The first-order valence-corrected chi connectivity index (χ1v) is 14.9. The number of nitrogens with zero attached hydrogens (tertiary/aromatic N) is 2. The molecular formula is C27H31ClN2O6S2. The average molecular weight is 579 g/mol. The summed E-state index contributed by atoms with van der Waals surface area (Å²) in [6.07, 6.45) is 1.16. The van der Waals surface area contributed by atoms with Crippen molar-refractivity contribution in [1.82, 2.24) is 9.21 Å². The zero-order valence-electron chi connectivity index (χ0n) is 21.3. The van der Waals surface area contributed by atoms with Crippen LogP contribution in [0.15, 0.2) is 64.9 Å². The fraction of sp³-hybridized carbons (Fsp3) is 0.370. The van der Waals surface area contributed by atoms with Gasteiger partial charge in [-0.05, 0) is 66.2 Å². The minimum Gasteiger partial charge on any atom is -0.497 e. The van der Waals surface area contributed by atoms with E-state index in [4.69, 9.17) is 25.8 Å². The lowest BCUT2D eigenvalue weighted by molar-refractivity contribution is -0.135. The molecule has 0 spiro atoms. The number of fused-ring (bicyclic) bond motifs is 1. The molecule has 1 aromatic heterocycles. The molecule has 0 saturated heterocycles. The van der Waals surface area contributed by atoms with Crippen LogP contribution in [0.2, 0.25) is 5.02 Å². The van der Waals surface area contributed by atoms with Gasteiger partial charge in [-0.2, -0.15) is 4.31 Å². The summed E-state index contributed by atoms with van der Waals surface area (Å²) in [5, 5.41) is 2.45. The number of carbonyl (C=O) groups excluding carboxylic acids is 1. The van der Waals surface area contributed by atoms with Crippen molar-refractivity contribution in [2.24, 2.45) is 0 Å². The van der Waals surface area contributed by atoms with E-state index in [0.717, 1.165) is 5.56 Å². The lowest BCUT2D eigenvalue weighted by atomic mass is 10.0. The molecule has 204 valence electrons. The molecule has 0 N–H and O–H groups in total. The van der Waals surface area contributed by atoms with Crippen LogP contribution in [-0.4, -0.2) is 70.6 Å². The zero-order valence-corrected chi connectivity index (χ0v) is 23.7. The number of halogens is 1. The second kappa shape index (κ2) is 12.9. The number of rotatable bonds is 12. The molecule has 1 amide bonds. The second-order valence-corrected chi connectivity index (χ2v) is 12.2. The SMILES string of the molecule is COCCCN(CC(=O)N1CCc2sccc2[C@H]1COc1cccc(OC)c1)S(=O)(=O)c1ccc(Cl)cc1. The van der Waals surface area contributed by atoms with Gasteiger partial charge in [-0.25, -0.2) is 8.42 Å². The lowest BCUT2D eigenvalue weighted by Gasteiger charge is -2.37. The average Bonchev–Trinajstić information content (AvgIpc) is 3.41. The van der Waals surface area contributed by atoms with E-state index in [1.165, 1.54) is 33.4 Å². The van der Waals surface area contributed by atoms with Crippen LogP contribution in [-0.2, 0) is 26.0 Å². The standard InChI is InChI=1S/C27H31ClN2O6S2/c1-34-15-4-13-29(38(32,33)23-9-7-20(28)8-10-23)18-27(31)30-14-11-26-24(12-16-37-26)25(30)19-36-22-6-3-5-21(17-22)35-2/h3,5-10,12,16-17,25H,4,11,13-15,18-19H2,1-2H3/t25-/m1/s1. The Morgan fingerprint density at radius 1 is 1.13 bits per heavy atom. The fourth-order valence-corrected chi connectivity index (χ4v) is 6.89. The van der Waals surface area contributed by atoms with Crippen LogP contribution in [0.25, 0.3) is 0 Å². The van der Waals surface area contributed by atoms with Gasteiger partial charge < -0.3 is 19.1 Å². The van der Waals surface area contributed by atoms with Crippen molar-refractivity contribution < 1.29 is 27.4 Å². The van der Waals surface area contributed by atoms with Crippen molar-refractivity contribution in [2.45, 2.75) is 23.8 Å². The molecule has 0 bridgehead atoms. The maximum atomic E-state index is 13.7. The number of amides is 1. The highest BCUT2D eigenvalue weighted by atomic mass is 35.5. The van der Waals surface area contributed by atoms with Gasteiger partial charge in [0.1, 0.15) is 18.1 Å². The summed E-state index contributed by atoms with van der Waals surface area (Å²) in [6, 6.07) is 14.9. The maximum absolute atomic E-state index is 13.7. The smallest absolute Gasteiger partial charge is 0.243 e. The molecule has 0 unspecified atom stereocenters. The van der Waals surface area contributed by atoms with Gasteiger partial charge in [0.2, 0.25) is 15.9 Å². The number of carbonyl (C=O) groups is 1. The summed E-state index contributed by atoms with van der Waals surface area (Å²) >= 11 is 7.62. The van der Waals surface area contributed by atoms with Gasteiger partial charge in [-0.1, -0.05) is 17.7 Å². The van der Waals surface area contributed by atoms with Crippen LogP contribution < -0.4 is 9.47 Å². The molecule has 38 heavy (non-hydrogen) atoms. The van der Waals surface area contributed by atoms with Crippen LogP contribution >= 0.6 is 22.9 Å². The highest BCUT2D eigenvalue weighted by Crippen LogP contribution is 2.34. The van der Waals surface area contributed by atoms with Gasteiger partial charge in [0.05, 0.1) is 24.6 Å². The molecule has 1 atom stereocenters. The molecule has 2 heterocycles. The van der Waals surface area contributed by atoms with Crippen LogP contribution in [0.3, 0.4) is 0 Å². The molecule has 0 aliphatic carbocycles. The van der Waals surface area contributed by atoms with Crippen LogP contribution in [0.1, 0.15) is 22.9 Å². The predicted molar refractivity (Wildman–Crippen MR) is 148 cm³/mol. The van der Waals surface area contributed by atoms with Gasteiger partial charge in [-0.15, -0.1) is 11.3 Å². The summed E-state index contributed by atoms with van der Waals surface area (Å²) in [4.78, 5) is 16.7. The summed E-state index contributed by atoms with van der Waals surface area (Å²) in [6.45, 7) is 0.943. The molecule has 11 heteroatoms. The summed E-state index contributed by atoms with van der Waals surface area (Å²) < 4.78 is 44.7. The van der Waals surface area contributed by atoms with Gasteiger partial charge in [0.25, 0.3) is 0 Å². The normalized spacial score (nSPS) is 15.4. The summed E-state index contributed by atoms with van der Waals surface area (Å²) in [7, 11) is -0.784. The molecule has 3 aromatic rings. The Hall–Kier alpha value is -2.63. The van der Waals surface area contributed by atoms with Crippen LogP contribution in [0.5, 0.6) is 11.5 Å². The monoisotopic (exact) mass is 578 g/mol. The van der Waals surface area contributed by atoms with E-state index in [2.05, 4.69) is 0 Å². The van der Waals surface area contributed by atoms with Gasteiger partial charge in [0, 0.05) is 42.8 Å². The van der Waals surface area contributed by atoms with Crippen molar-refractivity contribution in [1.29, 1.82) is 0 Å². The number of hydrogen-bond acceptors (Lipinski definition) is 7. The molecule has 0 radical (unpaired) electrons. The van der Waals surface area contributed by atoms with E-state index in [0.29, 0.717) is 42.5 Å². The van der Waals surface area contributed by atoms with E-state index in [-0.39, 0.29) is 36.5 Å². The first-order chi connectivity index (χ1) is 18.3. The molecular weight excluding hydrogens is 548 g/mol. The number of hydrogen-bond donors (Lipinski definition) is 0. The third-order valence-corrected chi connectivity index (χ3v) is 9.49. The number of methoxy groups -OCH3 is 2. The van der Waals surface area contributed by atoms with Gasteiger partial charge in [0.15, 0.2) is 0 Å². The van der Waals surface area contributed by atoms with Crippen molar-refractivity contribution in [3.63, 3.8) is 0 Å². The molecule has 0 fully saturated rings. The predicted octanol–water partition coefficient (Wildman–Crippen LogP) is 4.64. The first-order valence-electron chi connectivity index (χ1n) is 12.2. The van der Waals surface area contributed by atoms with E-state index in [1.807, 2.05) is 29.6 Å². The summed E-state index contributed by atoms with van der Waals surface area (Å²) in [5.74, 6) is 1.02. The number of benzene rings is 2. The third-order valence-electron chi connectivity index (χ3n) is 6.38. The number of thiophene rings is 1. The molecule has 2 aromatic carbocycles. The van der Waals surface area contributed by atoms with E-state index >= 15 is 0 Å². The van der Waals surface area contributed by atoms with Crippen molar-refractivity contribution in [2.75, 3.05) is 47.1 Å². The quantitative estimate of drug-likeness (QED) is 0.291. The molecule has 8 nitrogen and oxygen atoms in total. The van der Waals surface area contributed by atoms with Gasteiger partial charge >= 0.3 is 0 Å². The Balaban J connectivity index is 1.56. The van der Waals surface area contributed by atoms with Crippen LogP contribution in [0.4, 0.5) is 0 Å². The Morgan fingerprint density at radius 3 is 2.63 bits per heavy atom. The van der Waals surface area contributed by atoms with E-state index in [9.17, 15) is 13.2 Å². The van der Waals surface area contributed by atoms with E-state index in [1.54, 1.807) is 36.5 Å². The first kappa shape index (κ1) is 28.4. The third kappa shape index (κ3) is 6.68. The minimum atomic E-state index is -3.93. The van der Waals surface area contributed by atoms with Crippen molar-refractivity contribution in [3.05, 3.63) is 75.4 Å². The number of ether oxygens (including phenoxy) is 3. The fourth-order valence-electron chi connectivity index (χ4n) is 4.41. The topological polar surface area (TPSA) is 85.4 Å². The largest absolute Gasteiger partial charge is 0.497 e. The molecule has 1 aliphatic heterocycles. The molecule has 1 aliphatic rings. The number of sulfonamides is 1. The van der Waals surface area contributed by atoms with Crippen molar-refractivity contribution >= 4 is 38.9 Å². The molecule has 4 rings (SSSR count). The Bertz CT molecular complexity index is 1330. The highest BCUT2D eigenvalue weighted by Gasteiger charge is 2.35. The minimum absolute atomic E-state index is 0.0868. The molecule has 0 saturated carbocycles. The Kier molecular flexibility index (Phi) is 9.67. The lowest BCUT2D eigenvalue weighted by Crippen LogP contribution is -2.48. The van der Waals surface area contributed by atoms with E-state index < -0.39 is 10.0 Å².